The second-order valence-corrected chi connectivity index (χ2v) is 4.09. The summed E-state index contributed by atoms with van der Waals surface area (Å²) in [6.45, 7) is 1.98. The molecule has 84 valence electrons. The second kappa shape index (κ2) is 4.53. The maximum absolute atomic E-state index is 11.6. The van der Waals surface area contributed by atoms with Crippen LogP contribution in [0.3, 0.4) is 0 Å². The molecule has 2 heterocycles. The average Bonchev–Trinajstić information content (AvgIpc) is 2.95. The first kappa shape index (κ1) is 11.0. The number of rotatable bonds is 3. The van der Waals surface area contributed by atoms with Crippen LogP contribution < -0.4 is 0 Å². The van der Waals surface area contributed by atoms with Crippen LogP contribution in [0.25, 0.3) is 11.3 Å². The molecule has 0 atom stereocenters. The van der Waals surface area contributed by atoms with Crippen LogP contribution in [0, 0.1) is 0 Å². The largest absolute Gasteiger partial charge is 0.465 e. The van der Waals surface area contributed by atoms with E-state index >= 15 is 0 Å². The minimum absolute atomic E-state index is 0.357. The Labute approximate surface area is 97.7 Å². The molecule has 16 heavy (non-hydrogen) atoms. The molecule has 0 aliphatic heterocycles. The predicted octanol–water partition coefficient (Wildman–Crippen LogP) is 3.36. The van der Waals surface area contributed by atoms with E-state index < -0.39 is 0 Å². The molecule has 0 spiro atoms. The molecule has 4 heteroatoms. The van der Waals surface area contributed by atoms with Crippen LogP contribution in [0.1, 0.15) is 23.0 Å². The van der Waals surface area contributed by atoms with Gasteiger partial charge in [0.15, 0.2) is 0 Å². The van der Waals surface area contributed by atoms with Gasteiger partial charge in [-0.25, -0.2) is 4.79 Å². The highest BCUT2D eigenvalue weighted by molar-refractivity contribution is 7.08. The molecule has 2 aromatic heterocycles. The summed E-state index contributed by atoms with van der Waals surface area (Å²) < 4.78 is 10.4. The third kappa shape index (κ3) is 1.88. The first-order valence-electron chi connectivity index (χ1n) is 4.99. The Kier molecular flexibility index (Phi) is 3.10. The lowest BCUT2D eigenvalue weighted by atomic mass is 10.1. The highest BCUT2D eigenvalue weighted by Gasteiger charge is 2.19. The number of hydrogen-bond donors (Lipinski definition) is 0. The number of ether oxygens (including phenoxy) is 1. The zero-order valence-electron chi connectivity index (χ0n) is 9.15. The van der Waals surface area contributed by atoms with Gasteiger partial charge in [0.05, 0.1) is 7.11 Å². The van der Waals surface area contributed by atoms with Crippen molar-refractivity contribution in [2.24, 2.45) is 0 Å². The maximum Gasteiger partial charge on any atom is 0.341 e. The molecule has 3 nitrogen and oxygen atoms in total. The molecule has 2 rings (SSSR count). The molecule has 0 amide bonds. The number of carbonyl (C=O) groups excluding carboxylic acids is 1. The van der Waals surface area contributed by atoms with Gasteiger partial charge in [0, 0.05) is 17.4 Å². The minimum Gasteiger partial charge on any atom is -0.465 e. The van der Waals surface area contributed by atoms with Gasteiger partial charge >= 0.3 is 5.97 Å². The number of esters is 1. The fourth-order valence-electron chi connectivity index (χ4n) is 1.49. The van der Waals surface area contributed by atoms with E-state index in [1.54, 1.807) is 17.4 Å². The summed E-state index contributed by atoms with van der Waals surface area (Å²) in [5, 5.41) is 3.90. The Morgan fingerprint density at radius 2 is 2.38 bits per heavy atom. The molecular weight excluding hydrogens is 224 g/mol. The summed E-state index contributed by atoms with van der Waals surface area (Å²) in [6, 6.07) is 3.67. The fraction of sp³-hybridized carbons (Fsp3) is 0.250. The Balaban J connectivity index is 2.50. The van der Waals surface area contributed by atoms with Crippen molar-refractivity contribution in [1.29, 1.82) is 0 Å². The van der Waals surface area contributed by atoms with E-state index in [0.29, 0.717) is 11.3 Å². The monoisotopic (exact) mass is 236 g/mol. The summed E-state index contributed by atoms with van der Waals surface area (Å²) in [6.07, 6.45) is 0.758. The zero-order chi connectivity index (χ0) is 11.5. The molecule has 0 N–H and O–H groups in total. The molecule has 0 saturated carbocycles. The van der Waals surface area contributed by atoms with Crippen LogP contribution in [-0.2, 0) is 11.2 Å². The summed E-state index contributed by atoms with van der Waals surface area (Å²) in [4.78, 5) is 11.6. The van der Waals surface area contributed by atoms with Gasteiger partial charge in [-0.3, -0.25) is 0 Å². The lowest BCUT2D eigenvalue weighted by Gasteiger charge is -1.97. The second-order valence-electron chi connectivity index (χ2n) is 3.31. The third-order valence-electron chi connectivity index (χ3n) is 2.32. The number of carbonyl (C=O) groups is 1. The SMILES string of the molecule is CCc1cc(C(=O)OC)c(-c2ccsc2)o1. The zero-order valence-corrected chi connectivity index (χ0v) is 9.97. The molecule has 0 bridgehead atoms. The van der Waals surface area contributed by atoms with Crippen LogP contribution >= 0.6 is 11.3 Å². The van der Waals surface area contributed by atoms with Gasteiger partial charge in [-0.2, -0.15) is 11.3 Å². The van der Waals surface area contributed by atoms with Gasteiger partial charge in [0.2, 0.25) is 0 Å². The van der Waals surface area contributed by atoms with E-state index in [-0.39, 0.29) is 5.97 Å². The standard InChI is InChI=1S/C12H12O3S/c1-3-9-6-10(12(13)14-2)11(15-9)8-4-5-16-7-8/h4-7H,3H2,1-2H3. The highest BCUT2D eigenvalue weighted by atomic mass is 32.1. The number of hydrogen-bond acceptors (Lipinski definition) is 4. The van der Waals surface area contributed by atoms with Crippen molar-refractivity contribution in [2.75, 3.05) is 7.11 Å². The quantitative estimate of drug-likeness (QED) is 0.767. The van der Waals surface area contributed by atoms with Crippen LogP contribution in [-0.4, -0.2) is 13.1 Å². The molecule has 0 unspecified atom stereocenters. The number of methoxy groups -OCH3 is 1. The first-order chi connectivity index (χ1) is 7.76. The van der Waals surface area contributed by atoms with E-state index in [9.17, 15) is 4.79 Å². The molecule has 0 aliphatic rings. The maximum atomic E-state index is 11.6. The molecule has 2 aromatic rings. The van der Waals surface area contributed by atoms with Crippen molar-refractivity contribution < 1.29 is 13.9 Å². The smallest absolute Gasteiger partial charge is 0.341 e. The van der Waals surface area contributed by atoms with Crippen molar-refractivity contribution in [3.63, 3.8) is 0 Å². The van der Waals surface area contributed by atoms with Crippen LogP contribution in [0.15, 0.2) is 27.3 Å². The Bertz CT molecular complexity index is 482. The molecule has 0 fully saturated rings. The minimum atomic E-state index is -0.357. The van der Waals surface area contributed by atoms with Crippen molar-refractivity contribution in [3.8, 4) is 11.3 Å². The number of furan rings is 1. The average molecular weight is 236 g/mol. The van der Waals surface area contributed by atoms with Crippen LogP contribution in [0.5, 0.6) is 0 Å². The van der Waals surface area contributed by atoms with Gasteiger partial charge in [-0.15, -0.1) is 0 Å². The van der Waals surface area contributed by atoms with E-state index in [1.165, 1.54) is 7.11 Å². The Hall–Kier alpha value is -1.55. The molecule has 0 aliphatic carbocycles. The lowest BCUT2D eigenvalue weighted by molar-refractivity contribution is 0.0601. The van der Waals surface area contributed by atoms with Gasteiger partial charge in [0.25, 0.3) is 0 Å². The van der Waals surface area contributed by atoms with Crippen LogP contribution in [0.2, 0.25) is 0 Å². The lowest BCUT2D eigenvalue weighted by Crippen LogP contribution is -2.00. The topological polar surface area (TPSA) is 39.4 Å². The van der Waals surface area contributed by atoms with Gasteiger partial charge in [-0.05, 0) is 17.5 Å². The fourth-order valence-corrected chi connectivity index (χ4v) is 2.12. The molecule has 0 saturated heterocycles. The van der Waals surface area contributed by atoms with E-state index in [4.69, 9.17) is 9.15 Å². The Morgan fingerprint density at radius 3 is 2.94 bits per heavy atom. The van der Waals surface area contributed by atoms with Gasteiger partial charge in [0.1, 0.15) is 17.1 Å². The number of aryl methyl sites for hydroxylation is 1. The van der Waals surface area contributed by atoms with Crippen molar-refractivity contribution in [3.05, 3.63) is 34.2 Å². The molecule has 0 radical (unpaired) electrons. The highest BCUT2D eigenvalue weighted by Crippen LogP contribution is 2.29. The molecule has 0 aromatic carbocycles. The van der Waals surface area contributed by atoms with E-state index in [0.717, 1.165) is 17.7 Å². The Morgan fingerprint density at radius 1 is 1.56 bits per heavy atom. The summed E-state index contributed by atoms with van der Waals surface area (Å²) in [5.41, 5.74) is 1.42. The normalized spacial score (nSPS) is 10.4. The first-order valence-corrected chi connectivity index (χ1v) is 5.94. The van der Waals surface area contributed by atoms with Crippen molar-refractivity contribution >= 4 is 17.3 Å². The van der Waals surface area contributed by atoms with E-state index in [1.807, 2.05) is 23.8 Å². The van der Waals surface area contributed by atoms with Crippen LogP contribution in [0.4, 0.5) is 0 Å². The summed E-state index contributed by atoms with van der Waals surface area (Å²) >= 11 is 1.57. The van der Waals surface area contributed by atoms with Crippen molar-refractivity contribution in [1.82, 2.24) is 0 Å². The number of thiophene rings is 1. The van der Waals surface area contributed by atoms with Gasteiger partial charge in [-0.1, -0.05) is 6.92 Å². The van der Waals surface area contributed by atoms with Gasteiger partial charge < -0.3 is 9.15 Å². The third-order valence-corrected chi connectivity index (χ3v) is 3.00. The summed E-state index contributed by atoms with van der Waals surface area (Å²) in [7, 11) is 1.37. The van der Waals surface area contributed by atoms with Crippen molar-refractivity contribution in [2.45, 2.75) is 13.3 Å². The van der Waals surface area contributed by atoms with E-state index in [2.05, 4.69) is 0 Å². The summed E-state index contributed by atoms with van der Waals surface area (Å²) in [5.74, 6) is 1.04. The molecular formula is C12H12O3S. The predicted molar refractivity (Wildman–Crippen MR) is 62.7 cm³/mol.